The van der Waals surface area contributed by atoms with Gasteiger partial charge in [-0.1, -0.05) is 18.2 Å². The topological polar surface area (TPSA) is 71.3 Å². The van der Waals surface area contributed by atoms with Crippen molar-refractivity contribution in [3.63, 3.8) is 0 Å². The molecule has 0 unspecified atom stereocenters. The number of carbonyl (C=O) groups excluding carboxylic acids is 1. The van der Waals surface area contributed by atoms with Gasteiger partial charge in [-0.15, -0.1) is 10.2 Å². The second kappa shape index (κ2) is 6.10. The summed E-state index contributed by atoms with van der Waals surface area (Å²) in [6.45, 7) is 0.620. The number of rotatable bonds is 5. The Balaban J connectivity index is 1.90. The Kier molecular flexibility index (Phi) is 4.25. The first-order chi connectivity index (χ1) is 9.16. The van der Waals surface area contributed by atoms with Gasteiger partial charge in [-0.3, -0.25) is 10.1 Å². The van der Waals surface area contributed by atoms with E-state index in [0.29, 0.717) is 18.3 Å². The summed E-state index contributed by atoms with van der Waals surface area (Å²) in [4.78, 5) is 12.9. The van der Waals surface area contributed by atoms with E-state index in [2.05, 4.69) is 15.5 Å². The minimum atomic E-state index is 0.00259. The molecule has 100 valence electrons. The summed E-state index contributed by atoms with van der Waals surface area (Å²) in [7, 11) is 3.43. The highest BCUT2D eigenvalue weighted by Gasteiger charge is 2.08. The van der Waals surface area contributed by atoms with Crippen molar-refractivity contribution in [2.24, 2.45) is 0 Å². The van der Waals surface area contributed by atoms with Crippen molar-refractivity contribution in [2.45, 2.75) is 6.54 Å². The van der Waals surface area contributed by atoms with Crippen molar-refractivity contribution in [1.82, 2.24) is 20.4 Å². The van der Waals surface area contributed by atoms with Crippen molar-refractivity contribution in [2.75, 3.05) is 20.6 Å². The first-order valence-electron chi connectivity index (χ1n) is 5.95. The van der Waals surface area contributed by atoms with Crippen LogP contribution in [0.5, 0.6) is 0 Å². The molecule has 0 aliphatic heterocycles. The summed E-state index contributed by atoms with van der Waals surface area (Å²) in [6.07, 6.45) is 0. The van der Waals surface area contributed by atoms with Gasteiger partial charge < -0.3 is 9.32 Å². The van der Waals surface area contributed by atoms with Gasteiger partial charge >= 0.3 is 0 Å². The van der Waals surface area contributed by atoms with Crippen LogP contribution in [0.2, 0.25) is 0 Å². The minimum absolute atomic E-state index is 0.00259. The van der Waals surface area contributed by atoms with Crippen LogP contribution in [0.15, 0.2) is 34.7 Å². The molecular weight excluding hydrogens is 244 g/mol. The van der Waals surface area contributed by atoms with Gasteiger partial charge in [-0.2, -0.15) is 0 Å². The molecule has 19 heavy (non-hydrogen) atoms. The maximum atomic E-state index is 11.4. The van der Waals surface area contributed by atoms with Gasteiger partial charge in [0.1, 0.15) is 0 Å². The highest BCUT2D eigenvalue weighted by Crippen LogP contribution is 2.16. The Morgan fingerprint density at radius 3 is 2.68 bits per heavy atom. The summed E-state index contributed by atoms with van der Waals surface area (Å²) in [5, 5.41) is 10.9. The molecule has 0 aliphatic rings. The molecule has 2 aromatic rings. The van der Waals surface area contributed by atoms with Crippen molar-refractivity contribution in [1.29, 1.82) is 0 Å². The number of amides is 1. The second-order valence-corrected chi connectivity index (χ2v) is 4.26. The molecule has 0 saturated heterocycles. The molecule has 0 atom stereocenters. The summed E-state index contributed by atoms with van der Waals surface area (Å²) in [6, 6.07) is 9.55. The molecule has 1 amide bonds. The first-order valence-corrected chi connectivity index (χ1v) is 5.95. The lowest BCUT2D eigenvalue weighted by Gasteiger charge is -2.09. The lowest BCUT2D eigenvalue weighted by Crippen LogP contribution is -2.32. The van der Waals surface area contributed by atoms with Gasteiger partial charge in [0, 0.05) is 19.7 Å². The number of nitrogens with one attached hydrogen (secondary N) is 1. The van der Waals surface area contributed by atoms with Crippen LogP contribution in [-0.2, 0) is 11.3 Å². The number of aromatic nitrogens is 2. The summed E-state index contributed by atoms with van der Waals surface area (Å²) in [5.74, 6) is 0.949. The summed E-state index contributed by atoms with van der Waals surface area (Å²) < 4.78 is 5.50. The first kappa shape index (κ1) is 13.2. The fraction of sp³-hybridized carbons (Fsp3) is 0.308. The molecule has 0 aliphatic carbocycles. The molecule has 1 aromatic heterocycles. The number of benzene rings is 1. The van der Waals surface area contributed by atoms with Gasteiger partial charge in [0.25, 0.3) is 0 Å². The number of carbonyl (C=O) groups is 1. The number of likely N-dealkylation sites (N-methyl/N-ethyl adjacent to an activating group) is 1. The Morgan fingerprint density at radius 2 is 2.00 bits per heavy atom. The van der Waals surface area contributed by atoms with Crippen molar-refractivity contribution in [3.8, 4) is 11.5 Å². The third-order valence-electron chi connectivity index (χ3n) is 2.54. The maximum Gasteiger partial charge on any atom is 0.247 e. The number of nitrogens with zero attached hydrogens (tertiary/aromatic N) is 3. The quantitative estimate of drug-likeness (QED) is 0.865. The van der Waals surface area contributed by atoms with E-state index in [-0.39, 0.29) is 12.5 Å². The molecule has 0 saturated carbocycles. The highest BCUT2D eigenvalue weighted by molar-refractivity contribution is 5.77. The van der Waals surface area contributed by atoms with Crippen LogP contribution in [-0.4, -0.2) is 41.6 Å². The predicted octanol–water partition coefficient (Wildman–Crippen LogP) is 0.914. The van der Waals surface area contributed by atoms with Gasteiger partial charge in [-0.25, -0.2) is 0 Å². The van der Waals surface area contributed by atoms with E-state index in [1.165, 1.54) is 4.90 Å². The monoisotopic (exact) mass is 260 g/mol. The van der Waals surface area contributed by atoms with Gasteiger partial charge in [-0.05, 0) is 12.1 Å². The van der Waals surface area contributed by atoms with E-state index in [1.807, 2.05) is 30.3 Å². The van der Waals surface area contributed by atoms with E-state index in [4.69, 9.17) is 4.42 Å². The van der Waals surface area contributed by atoms with Crippen LogP contribution in [0.3, 0.4) is 0 Å². The maximum absolute atomic E-state index is 11.4. The van der Waals surface area contributed by atoms with E-state index in [0.717, 1.165) is 5.56 Å². The Bertz CT molecular complexity index is 537. The van der Waals surface area contributed by atoms with E-state index >= 15 is 0 Å². The van der Waals surface area contributed by atoms with Gasteiger partial charge in [0.05, 0.1) is 13.1 Å². The average molecular weight is 260 g/mol. The smallest absolute Gasteiger partial charge is 0.247 e. The van der Waals surface area contributed by atoms with E-state index in [1.54, 1.807) is 14.1 Å². The number of hydrogen-bond acceptors (Lipinski definition) is 5. The minimum Gasteiger partial charge on any atom is -0.419 e. The number of hydrogen-bond donors (Lipinski definition) is 1. The van der Waals surface area contributed by atoms with E-state index < -0.39 is 0 Å². The molecule has 0 spiro atoms. The molecule has 1 N–H and O–H groups in total. The molecule has 0 bridgehead atoms. The third-order valence-corrected chi connectivity index (χ3v) is 2.54. The molecule has 6 nitrogen and oxygen atoms in total. The van der Waals surface area contributed by atoms with E-state index in [9.17, 15) is 4.79 Å². The zero-order chi connectivity index (χ0) is 13.7. The zero-order valence-corrected chi connectivity index (χ0v) is 11.0. The van der Waals surface area contributed by atoms with Crippen molar-refractivity contribution < 1.29 is 9.21 Å². The largest absolute Gasteiger partial charge is 0.419 e. The van der Waals surface area contributed by atoms with Crippen molar-refractivity contribution >= 4 is 5.91 Å². The van der Waals surface area contributed by atoms with Crippen LogP contribution in [0.4, 0.5) is 0 Å². The lowest BCUT2D eigenvalue weighted by atomic mass is 10.2. The summed E-state index contributed by atoms with van der Waals surface area (Å²) in [5.41, 5.74) is 0.880. The molecule has 1 heterocycles. The van der Waals surface area contributed by atoms with Gasteiger partial charge in [0.15, 0.2) is 0 Å². The average Bonchev–Trinajstić information content (AvgIpc) is 2.88. The fourth-order valence-electron chi connectivity index (χ4n) is 1.46. The molecule has 2 rings (SSSR count). The third kappa shape index (κ3) is 3.62. The predicted molar refractivity (Wildman–Crippen MR) is 70.1 cm³/mol. The van der Waals surface area contributed by atoms with Crippen LogP contribution in [0, 0.1) is 0 Å². The summed E-state index contributed by atoms with van der Waals surface area (Å²) >= 11 is 0. The fourth-order valence-corrected chi connectivity index (χ4v) is 1.46. The highest BCUT2D eigenvalue weighted by atomic mass is 16.4. The Morgan fingerprint density at radius 1 is 1.26 bits per heavy atom. The molecule has 0 fully saturated rings. The second-order valence-electron chi connectivity index (χ2n) is 4.26. The lowest BCUT2D eigenvalue weighted by molar-refractivity contribution is -0.127. The Hall–Kier alpha value is -2.21. The van der Waals surface area contributed by atoms with Crippen LogP contribution >= 0.6 is 0 Å². The molecule has 0 radical (unpaired) electrons. The van der Waals surface area contributed by atoms with Crippen molar-refractivity contribution in [3.05, 3.63) is 36.2 Å². The van der Waals surface area contributed by atoms with Gasteiger partial charge in [0.2, 0.25) is 17.7 Å². The molecular formula is C13H16N4O2. The van der Waals surface area contributed by atoms with Crippen LogP contribution in [0.1, 0.15) is 5.89 Å². The Labute approximate surface area is 111 Å². The zero-order valence-electron chi connectivity index (χ0n) is 11.0. The molecule has 1 aromatic carbocycles. The SMILES string of the molecule is CN(C)C(=O)CNCc1nnc(-c2ccccc2)o1. The molecule has 6 heteroatoms. The normalized spacial score (nSPS) is 10.4. The van der Waals surface area contributed by atoms with Crippen LogP contribution in [0.25, 0.3) is 11.5 Å². The standard InChI is InChI=1S/C13H16N4O2/c1-17(2)12(18)9-14-8-11-15-16-13(19-11)10-6-4-3-5-7-10/h3-7,14H,8-9H2,1-2H3. The van der Waals surface area contributed by atoms with Crippen LogP contribution < -0.4 is 5.32 Å².